The van der Waals surface area contributed by atoms with Gasteiger partial charge in [0.15, 0.2) is 0 Å². The molecule has 0 unspecified atom stereocenters. The zero-order valence-electron chi connectivity index (χ0n) is 6.85. The van der Waals surface area contributed by atoms with Gasteiger partial charge in [-0.1, -0.05) is 20.8 Å². The van der Waals surface area contributed by atoms with E-state index < -0.39 is 0 Å². The van der Waals surface area contributed by atoms with Crippen molar-refractivity contribution in [2.75, 3.05) is 0 Å². The van der Waals surface area contributed by atoms with Crippen molar-refractivity contribution in [1.82, 2.24) is 0 Å². The molecule has 1 rings (SSSR count). The molecule has 0 atom stereocenters. The Bertz CT molecular complexity index is 170. The molecule has 0 saturated heterocycles. The van der Waals surface area contributed by atoms with Crippen molar-refractivity contribution in [3.63, 3.8) is 0 Å². The van der Waals surface area contributed by atoms with E-state index in [1.165, 1.54) is 16.7 Å². The van der Waals surface area contributed by atoms with Gasteiger partial charge in [-0.25, -0.2) is 0 Å². The molecule has 0 aliphatic carbocycles. The van der Waals surface area contributed by atoms with E-state index in [1.807, 2.05) is 0 Å². The zero-order chi connectivity index (χ0) is 8.85. The Hall–Kier alpha value is 0.194. The molecule has 0 heterocycles. The monoisotopic (exact) mass is 256 g/mol. The van der Waals surface area contributed by atoms with Gasteiger partial charge in [0.2, 0.25) is 0 Å². The third kappa shape index (κ3) is 4.60. The van der Waals surface area contributed by atoms with Crippen molar-refractivity contribution in [2.45, 2.75) is 20.8 Å². The van der Waals surface area contributed by atoms with Gasteiger partial charge in [0.05, 0.1) is 0 Å². The summed E-state index contributed by atoms with van der Waals surface area (Å²) in [4.78, 5) is 0. The molecule has 0 N–H and O–H groups in total. The van der Waals surface area contributed by atoms with Crippen LogP contribution in [0.5, 0.6) is 0 Å². The van der Waals surface area contributed by atoms with E-state index in [9.17, 15) is 0 Å². The van der Waals surface area contributed by atoms with Crippen LogP contribution in [-0.4, -0.2) is 0 Å². The van der Waals surface area contributed by atoms with E-state index in [0.29, 0.717) is 0 Å². The van der Waals surface area contributed by atoms with Crippen LogP contribution >= 0.6 is 14.2 Å². The summed E-state index contributed by atoms with van der Waals surface area (Å²) in [6.45, 7) is 6.24. The molecule has 0 spiro atoms. The second-order valence-electron chi connectivity index (χ2n) is 2.52. The summed E-state index contributed by atoms with van der Waals surface area (Å²) in [6.07, 6.45) is 0. The average molecular weight is 258 g/mol. The first-order valence-corrected chi connectivity index (χ1v) is 5.72. The predicted molar refractivity (Wildman–Crippen MR) is 48.4 cm³/mol. The van der Waals surface area contributed by atoms with Gasteiger partial charge in [0, 0.05) is 0 Å². The number of rotatable bonds is 0. The maximum absolute atomic E-state index is 3.69. The van der Waals surface area contributed by atoms with Crippen molar-refractivity contribution >= 4 is 14.2 Å². The molecule has 0 aliphatic rings. The quantitative estimate of drug-likeness (QED) is 0.494. The number of halogens is 1. The normalized spacial score (nSPS) is 8.55. The fourth-order valence-electron chi connectivity index (χ4n) is 1.11. The van der Waals surface area contributed by atoms with Crippen LogP contribution in [0.1, 0.15) is 16.7 Å². The second-order valence-corrected chi connectivity index (χ2v) is 2.52. The first-order valence-electron chi connectivity index (χ1n) is 3.27. The molecular formula is C9H11BrNi-. The molecule has 0 aliphatic heterocycles. The second kappa shape index (κ2) is 5.79. The zero-order valence-corrected chi connectivity index (χ0v) is 9.42. The minimum atomic E-state index is 1.23. The third-order valence-electron chi connectivity index (χ3n) is 1.28. The minimum absolute atomic E-state index is 1.23. The Morgan fingerprint density at radius 3 is 1.73 bits per heavy atom. The fraction of sp³-hybridized carbons (Fsp3) is 0.333. The van der Waals surface area contributed by atoms with Crippen LogP contribution in [0.3, 0.4) is 0 Å². The van der Waals surface area contributed by atoms with Crippen molar-refractivity contribution in [1.29, 1.82) is 0 Å². The van der Waals surface area contributed by atoms with Crippen molar-refractivity contribution in [3.05, 3.63) is 34.9 Å². The Balaban J connectivity index is 0.000000461. The van der Waals surface area contributed by atoms with Gasteiger partial charge in [-0.05, 0) is 0 Å². The third-order valence-corrected chi connectivity index (χ3v) is 1.28. The molecule has 0 amide bonds. The first-order chi connectivity index (χ1) is 5.18. The van der Waals surface area contributed by atoms with Gasteiger partial charge in [-0.2, -0.15) is 34.9 Å². The number of aryl methyl sites for hydroxylation is 3. The Morgan fingerprint density at radius 2 is 1.45 bits per heavy atom. The van der Waals surface area contributed by atoms with Crippen molar-refractivity contribution in [3.8, 4) is 0 Å². The van der Waals surface area contributed by atoms with Gasteiger partial charge >= 0.3 is 27.9 Å². The van der Waals surface area contributed by atoms with E-state index in [-0.39, 0.29) is 0 Å². The van der Waals surface area contributed by atoms with Crippen molar-refractivity contribution < 1.29 is 13.7 Å². The number of benzene rings is 1. The van der Waals surface area contributed by atoms with E-state index in [0.717, 1.165) is 0 Å². The Labute approximate surface area is 83.5 Å². The van der Waals surface area contributed by atoms with Crippen LogP contribution in [0.4, 0.5) is 0 Å². The summed E-state index contributed by atoms with van der Waals surface area (Å²) in [7, 11) is 0. The molecule has 1 aromatic carbocycles. The van der Waals surface area contributed by atoms with Crippen LogP contribution in [-0.2, 0) is 13.7 Å². The van der Waals surface area contributed by atoms with Gasteiger partial charge < -0.3 is 0 Å². The average Bonchev–Trinajstić information content (AvgIpc) is 1.88. The topological polar surface area (TPSA) is 0 Å². The summed E-state index contributed by atoms with van der Waals surface area (Å²) >= 11 is 6.25. The number of hydrogen-bond acceptors (Lipinski definition) is 0. The van der Waals surface area contributed by atoms with E-state index in [2.05, 4.69) is 66.9 Å². The standard InChI is InChI=1S/C9H11.BrH.Ni/c1-7-4-8(2)6-9(3)5-7;;/h4-5H,1-3H3;1H;/q-1;;+1/p-1. The van der Waals surface area contributed by atoms with Gasteiger partial charge in [-0.15, -0.1) is 0 Å². The molecule has 2 heteroatoms. The van der Waals surface area contributed by atoms with Gasteiger partial charge in [-0.3, -0.25) is 0 Å². The summed E-state index contributed by atoms with van der Waals surface area (Å²) in [5.41, 5.74) is 3.78. The molecule has 65 valence electrons. The Kier molecular flexibility index (Phi) is 5.90. The molecule has 0 radical (unpaired) electrons. The van der Waals surface area contributed by atoms with Crippen LogP contribution in [0, 0.1) is 26.8 Å². The van der Waals surface area contributed by atoms with E-state index >= 15 is 0 Å². The maximum atomic E-state index is 3.69. The van der Waals surface area contributed by atoms with Gasteiger partial charge in [0.1, 0.15) is 0 Å². The fourth-order valence-corrected chi connectivity index (χ4v) is 1.11. The Morgan fingerprint density at radius 1 is 1.09 bits per heavy atom. The molecule has 0 bridgehead atoms. The first kappa shape index (κ1) is 11.2. The predicted octanol–water partition coefficient (Wildman–Crippen LogP) is 3.26. The molecule has 0 saturated carbocycles. The van der Waals surface area contributed by atoms with Gasteiger partial charge in [0.25, 0.3) is 0 Å². The van der Waals surface area contributed by atoms with Crippen LogP contribution in [0.2, 0.25) is 0 Å². The molecule has 0 nitrogen and oxygen atoms in total. The summed E-state index contributed by atoms with van der Waals surface area (Å²) in [5.74, 6) is 0. The molecule has 1 aromatic rings. The molecular weight excluding hydrogens is 247 g/mol. The van der Waals surface area contributed by atoms with Crippen LogP contribution in [0.25, 0.3) is 0 Å². The summed E-state index contributed by atoms with van der Waals surface area (Å²) in [6, 6.07) is 7.47. The van der Waals surface area contributed by atoms with E-state index in [4.69, 9.17) is 0 Å². The molecule has 0 aromatic heterocycles. The van der Waals surface area contributed by atoms with Crippen LogP contribution < -0.4 is 0 Å². The molecule has 11 heavy (non-hydrogen) atoms. The molecule has 0 fully saturated rings. The number of hydrogen-bond donors (Lipinski definition) is 0. The summed E-state index contributed by atoms with van der Waals surface area (Å²) < 4.78 is 0. The van der Waals surface area contributed by atoms with Crippen LogP contribution in [0.15, 0.2) is 12.1 Å². The summed E-state index contributed by atoms with van der Waals surface area (Å²) in [5, 5.41) is 0. The van der Waals surface area contributed by atoms with E-state index in [1.54, 1.807) is 0 Å². The SMILES string of the molecule is Cc1[c-]c(C)cc(C)c1.[Ni][Br]. The van der Waals surface area contributed by atoms with Crippen molar-refractivity contribution in [2.24, 2.45) is 0 Å².